The Morgan fingerprint density at radius 3 is 3.38 bits per heavy atom. The molecule has 1 aromatic rings. The minimum atomic E-state index is 0.0357. The highest BCUT2D eigenvalue weighted by Crippen LogP contribution is 2.18. The van der Waals surface area contributed by atoms with E-state index >= 15 is 0 Å². The number of nitrogens with zero attached hydrogens (tertiary/aromatic N) is 2. The smallest absolute Gasteiger partial charge is 0.223 e. The number of aliphatic hydroxyl groups excluding tert-OH is 1. The lowest BCUT2D eigenvalue weighted by atomic mass is 9.97. The van der Waals surface area contributed by atoms with Crippen LogP contribution in [0.5, 0.6) is 0 Å². The average Bonchev–Trinajstić information content (AvgIpc) is 2.76. The molecule has 0 aliphatic carbocycles. The number of carbonyl (C=O) groups excluding carboxylic acids is 1. The molecule has 1 atom stereocenters. The Hall–Kier alpha value is -1.36. The summed E-state index contributed by atoms with van der Waals surface area (Å²) in [6.07, 6.45) is 5.94. The number of carbonyl (C=O) groups is 1. The van der Waals surface area contributed by atoms with Crippen molar-refractivity contribution in [3.05, 3.63) is 18.2 Å². The highest BCUT2D eigenvalue weighted by atomic mass is 16.3. The van der Waals surface area contributed by atoms with E-state index in [1.54, 1.807) is 6.20 Å². The van der Waals surface area contributed by atoms with Gasteiger partial charge in [0.15, 0.2) is 0 Å². The van der Waals surface area contributed by atoms with Crippen LogP contribution < -0.4 is 5.32 Å². The second-order valence-electron chi connectivity index (χ2n) is 4.09. The normalized spacial score (nSPS) is 19.2. The fraction of sp³-hybridized carbons (Fsp3) is 0.636. The zero-order chi connectivity index (χ0) is 11.4. The number of hydrogen-bond donors (Lipinski definition) is 2. The van der Waals surface area contributed by atoms with Crippen molar-refractivity contribution in [2.45, 2.75) is 25.8 Å². The molecule has 0 saturated heterocycles. The largest absolute Gasteiger partial charge is 0.396 e. The van der Waals surface area contributed by atoms with E-state index in [1.165, 1.54) is 0 Å². The lowest BCUT2D eigenvalue weighted by Crippen LogP contribution is -2.36. The third kappa shape index (κ3) is 2.41. The van der Waals surface area contributed by atoms with Crippen molar-refractivity contribution in [1.29, 1.82) is 0 Å². The second kappa shape index (κ2) is 5.12. The van der Waals surface area contributed by atoms with Gasteiger partial charge in [-0.25, -0.2) is 4.98 Å². The molecule has 1 aromatic heterocycles. The molecular weight excluding hydrogens is 206 g/mol. The fourth-order valence-electron chi connectivity index (χ4n) is 2.01. The molecule has 0 radical (unpaired) electrons. The van der Waals surface area contributed by atoms with Crippen LogP contribution in [0.15, 0.2) is 12.4 Å². The highest BCUT2D eigenvalue weighted by molar-refractivity contribution is 5.78. The molecule has 16 heavy (non-hydrogen) atoms. The third-order valence-electron chi connectivity index (χ3n) is 2.95. The Morgan fingerprint density at radius 2 is 2.56 bits per heavy atom. The van der Waals surface area contributed by atoms with Crippen molar-refractivity contribution in [3.8, 4) is 0 Å². The molecule has 2 rings (SSSR count). The molecule has 88 valence electrons. The zero-order valence-electron chi connectivity index (χ0n) is 9.22. The number of aliphatic hydroxyl groups is 1. The maximum Gasteiger partial charge on any atom is 0.223 e. The highest BCUT2D eigenvalue weighted by Gasteiger charge is 2.24. The first-order valence-corrected chi connectivity index (χ1v) is 5.70. The van der Waals surface area contributed by atoms with E-state index in [0.29, 0.717) is 13.0 Å². The van der Waals surface area contributed by atoms with Gasteiger partial charge in [0.1, 0.15) is 5.82 Å². The van der Waals surface area contributed by atoms with E-state index in [2.05, 4.69) is 14.9 Å². The third-order valence-corrected chi connectivity index (χ3v) is 2.95. The lowest BCUT2D eigenvalue weighted by molar-refractivity contribution is -0.125. The first kappa shape index (κ1) is 11.1. The molecule has 1 aliphatic rings. The van der Waals surface area contributed by atoms with E-state index in [4.69, 9.17) is 5.11 Å². The van der Waals surface area contributed by atoms with Gasteiger partial charge in [0, 0.05) is 44.4 Å². The summed E-state index contributed by atoms with van der Waals surface area (Å²) in [5, 5.41) is 11.5. The Labute approximate surface area is 94.5 Å². The van der Waals surface area contributed by atoms with Crippen LogP contribution in [0.2, 0.25) is 0 Å². The molecule has 5 heteroatoms. The second-order valence-corrected chi connectivity index (χ2v) is 4.09. The summed E-state index contributed by atoms with van der Waals surface area (Å²) in [7, 11) is 0. The SMILES string of the molecule is O=C(NCCCO)C1CCn2ccnc2C1. The van der Waals surface area contributed by atoms with Gasteiger partial charge in [-0.15, -0.1) is 0 Å². The van der Waals surface area contributed by atoms with Gasteiger partial charge in [-0.3, -0.25) is 4.79 Å². The number of hydrogen-bond acceptors (Lipinski definition) is 3. The zero-order valence-corrected chi connectivity index (χ0v) is 9.22. The number of aromatic nitrogens is 2. The molecule has 0 bridgehead atoms. The summed E-state index contributed by atoms with van der Waals surface area (Å²) < 4.78 is 2.09. The molecule has 5 nitrogen and oxygen atoms in total. The predicted octanol–water partition coefficient (Wildman–Crippen LogP) is -0.0559. The summed E-state index contributed by atoms with van der Waals surface area (Å²) in [6, 6.07) is 0. The van der Waals surface area contributed by atoms with Gasteiger partial charge in [-0.05, 0) is 12.8 Å². The number of aryl methyl sites for hydroxylation is 1. The molecule has 0 fully saturated rings. The van der Waals surface area contributed by atoms with Crippen molar-refractivity contribution in [3.63, 3.8) is 0 Å². The Kier molecular flexibility index (Phi) is 3.56. The van der Waals surface area contributed by atoms with Crippen LogP contribution in [-0.4, -0.2) is 33.7 Å². The van der Waals surface area contributed by atoms with Crippen molar-refractivity contribution < 1.29 is 9.90 Å². The average molecular weight is 223 g/mol. The van der Waals surface area contributed by atoms with E-state index in [9.17, 15) is 4.79 Å². The van der Waals surface area contributed by atoms with Gasteiger partial charge in [0.05, 0.1) is 0 Å². The summed E-state index contributed by atoms with van der Waals surface area (Å²) in [4.78, 5) is 16.0. The van der Waals surface area contributed by atoms with E-state index in [1.807, 2.05) is 6.20 Å². The molecule has 0 saturated carbocycles. The molecule has 0 aromatic carbocycles. The van der Waals surface area contributed by atoms with Crippen molar-refractivity contribution >= 4 is 5.91 Å². The van der Waals surface area contributed by atoms with E-state index < -0.39 is 0 Å². The maximum absolute atomic E-state index is 11.8. The Balaban J connectivity index is 1.86. The minimum absolute atomic E-state index is 0.0357. The summed E-state index contributed by atoms with van der Waals surface area (Å²) in [5.74, 6) is 1.12. The molecular formula is C11H17N3O2. The molecule has 1 amide bonds. The first-order valence-electron chi connectivity index (χ1n) is 5.70. The number of nitrogens with one attached hydrogen (secondary N) is 1. The van der Waals surface area contributed by atoms with Crippen LogP contribution in [0.1, 0.15) is 18.7 Å². The predicted molar refractivity (Wildman–Crippen MR) is 58.8 cm³/mol. The van der Waals surface area contributed by atoms with Crippen LogP contribution in [0.3, 0.4) is 0 Å². The van der Waals surface area contributed by atoms with Crippen LogP contribution in [0.25, 0.3) is 0 Å². The Bertz CT molecular complexity index is 362. The Morgan fingerprint density at radius 1 is 1.69 bits per heavy atom. The van der Waals surface area contributed by atoms with Crippen LogP contribution in [-0.2, 0) is 17.8 Å². The van der Waals surface area contributed by atoms with Gasteiger partial charge in [-0.2, -0.15) is 0 Å². The number of amides is 1. The van der Waals surface area contributed by atoms with Crippen molar-refractivity contribution in [2.24, 2.45) is 5.92 Å². The lowest BCUT2D eigenvalue weighted by Gasteiger charge is -2.22. The topological polar surface area (TPSA) is 67.2 Å². The molecule has 1 unspecified atom stereocenters. The van der Waals surface area contributed by atoms with Crippen LogP contribution >= 0.6 is 0 Å². The number of imidazole rings is 1. The van der Waals surface area contributed by atoms with Crippen LogP contribution in [0, 0.1) is 5.92 Å². The number of fused-ring (bicyclic) bond motifs is 1. The van der Waals surface area contributed by atoms with Crippen molar-refractivity contribution in [1.82, 2.24) is 14.9 Å². The summed E-state index contributed by atoms with van der Waals surface area (Å²) in [6.45, 7) is 1.54. The standard InChI is InChI=1S/C11H17N3O2/c15-7-1-3-13-11(16)9-2-5-14-6-4-12-10(14)8-9/h4,6,9,15H,1-3,5,7-8H2,(H,13,16). The van der Waals surface area contributed by atoms with Gasteiger partial charge in [0.2, 0.25) is 5.91 Å². The molecule has 2 N–H and O–H groups in total. The van der Waals surface area contributed by atoms with Gasteiger partial charge < -0.3 is 15.0 Å². The summed E-state index contributed by atoms with van der Waals surface area (Å²) >= 11 is 0. The van der Waals surface area contributed by atoms with Crippen molar-refractivity contribution in [2.75, 3.05) is 13.2 Å². The first-order chi connectivity index (χ1) is 7.81. The molecule has 0 spiro atoms. The van der Waals surface area contributed by atoms with E-state index in [-0.39, 0.29) is 18.4 Å². The maximum atomic E-state index is 11.8. The number of rotatable bonds is 4. The van der Waals surface area contributed by atoms with Gasteiger partial charge >= 0.3 is 0 Å². The van der Waals surface area contributed by atoms with Gasteiger partial charge in [0.25, 0.3) is 0 Å². The monoisotopic (exact) mass is 223 g/mol. The quantitative estimate of drug-likeness (QED) is 0.703. The fourth-order valence-corrected chi connectivity index (χ4v) is 2.01. The summed E-state index contributed by atoms with van der Waals surface area (Å²) in [5.41, 5.74) is 0. The molecule has 2 heterocycles. The minimum Gasteiger partial charge on any atom is -0.396 e. The van der Waals surface area contributed by atoms with Gasteiger partial charge in [-0.1, -0.05) is 0 Å². The van der Waals surface area contributed by atoms with Crippen LogP contribution in [0.4, 0.5) is 0 Å². The molecule has 1 aliphatic heterocycles. The van der Waals surface area contributed by atoms with E-state index in [0.717, 1.165) is 25.2 Å².